The first-order chi connectivity index (χ1) is 13.2. The van der Waals surface area contributed by atoms with Crippen LogP contribution in [0.15, 0.2) is 36.5 Å². The van der Waals surface area contributed by atoms with Crippen molar-refractivity contribution in [1.29, 1.82) is 0 Å². The molecule has 1 fully saturated rings. The molecule has 0 saturated carbocycles. The molecule has 3 N–H and O–H groups in total. The highest BCUT2D eigenvalue weighted by Gasteiger charge is 2.29. The smallest absolute Gasteiger partial charge is 0.272 e. The number of H-pyrrole nitrogens is 1. The van der Waals surface area contributed by atoms with Crippen molar-refractivity contribution in [3.05, 3.63) is 53.6 Å². The van der Waals surface area contributed by atoms with Gasteiger partial charge in [0.15, 0.2) is 5.82 Å². The lowest BCUT2D eigenvalue weighted by Crippen LogP contribution is -2.39. The topological polar surface area (TPSA) is 106 Å². The molecule has 3 heterocycles. The van der Waals surface area contributed by atoms with Crippen molar-refractivity contribution in [3.8, 4) is 11.4 Å². The maximum Gasteiger partial charge on any atom is 0.272 e. The van der Waals surface area contributed by atoms with Gasteiger partial charge in [0.25, 0.3) is 5.91 Å². The lowest BCUT2D eigenvalue weighted by atomic mass is 9.96. The first-order valence-electron chi connectivity index (χ1n) is 9.15. The number of nitrogens with two attached hydrogens (primary N) is 1. The molecule has 2 aromatic heterocycles. The van der Waals surface area contributed by atoms with Gasteiger partial charge in [0.05, 0.1) is 6.20 Å². The zero-order chi connectivity index (χ0) is 18.8. The van der Waals surface area contributed by atoms with Crippen LogP contribution < -0.4 is 5.73 Å². The Hall–Kier alpha value is -3.00. The standard InChI is InChI=1S/C19H23N7O/c1-25-16(15(11-20)12-21-25)19(27)26-9-7-14(8-10-26)18-22-17(23-24-18)13-5-3-2-4-6-13/h2-6,12,14H,7-11,20H2,1H3,(H,22,23,24). The summed E-state index contributed by atoms with van der Waals surface area (Å²) in [5.41, 5.74) is 8.10. The van der Waals surface area contributed by atoms with Crippen molar-refractivity contribution >= 4 is 5.91 Å². The minimum Gasteiger partial charge on any atom is -0.337 e. The summed E-state index contributed by atoms with van der Waals surface area (Å²) in [7, 11) is 1.78. The van der Waals surface area contributed by atoms with E-state index < -0.39 is 0 Å². The fourth-order valence-electron chi connectivity index (χ4n) is 3.59. The summed E-state index contributed by atoms with van der Waals surface area (Å²) in [6, 6.07) is 9.92. The van der Waals surface area contributed by atoms with Crippen molar-refractivity contribution in [2.24, 2.45) is 12.8 Å². The van der Waals surface area contributed by atoms with Gasteiger partial charge in [0.1, 0.15) is 11.5 Å². The number of benzene rings is 1. The largest absolute Gasteiger partial charge is 0.337 e. The van der Waals surface area contributed by atoms with Gasteiger partial charge in [0.2, 0.25) is 0 Å². The molecule has 1 aromatic carbocycles. The first kappa shape index (κ1) is 17.4. The zero-order valence-electron chi connectivity index (χ0n) is 15.3. The number of nitrogens with one attached hydrogen (secondary N) is 1. The van der Waals surface area contributed by atoms with Gasteiger partial charge in [0, 0.05) is 43.7 Å². The molecule has 1 aliphatic rings. The molecule has 140 valence electrons. The summed E-state index contributed by atoms with van der Waals surface area (Å²) in [6.07, 6.45) is 3.37. The van der Waals surface area contributed by atoms with Crippen LogP contribution in [0.5, 0.6) is 0 Å². The predicted octanol–water partition coefficient (Wildman–Crippen LogP) is 1.68. The molecule has 0 aliphatic carbocycles. The van der Waals surface area contributed by atoms with Crippen molar-refractivity contribution in [2.75, 3.05) is 13.1 Å². The van der Waals surface area contributed by atoms with Crippen LogP contribution in [0, 0.1) is 0 Å². The monoisotopic (exact) mass is 365 g/mol. The van der Waals surface area contributed by atoms with E-state index in [1.54, 1.807) is 17.9 Å². The van der Waals surface area contributed by atoms with Gasteiger partial charge in [-0.2, -0.15) is 10.2 Å². The van der Waals surface area contributed by atoms with Crippen LogP contribution in [0.2, 0.25) is 0 Å². The number of hydrogen-bond donors (Lipinski definition) is 2. The number of aromatic nitrogens is 5. The number of nitrogens with zero attached hydrogens (tertiary/aromatic N) is 5. The third-order valence-electron chi connectivity index (χ3n) is 5.14. The highest BCUT2D eigenvalue weighted by molar-refractivity contribution is 5.94. The van der Waals surface area contributed by atoms with E-state index in [4.69, 9.17) is 5.73 Å². The highest BCUT2D eigenvalue weighted by atomic mass is 16.2. The van der Waals surface area contributed by atoms with Crippen molar-refractivity contribution in [3.63, 3.8) is 0 Å². The fourth-order valence-corrected chi connectivity index (χ4v) is 3.59. The number of likely N-dealkylation sites (tertiary alicyclic amines) is 1. The van der Waals surface area contributed by atoms with Gasteiger partial charge in [-0.15, -0.1) is 0 Å². The predicted molar refractivity (Wildman–Crippen MR) is 101 cm³/mol. The van der Waals surface area contributed by atoms with Crippen LogP contribution >= 0.6 is 0 Å². The minimum absolute atomic E-state index is 0.00329. The Kier molecular flexibility index (Phi) is 4.72. The average molecular weight is 365 g/mol. The van der Waals surface area contributed by atoms with Gasteiger partial charge >= 0.3 is 0 Å². The Morgan fingerprint density at radius 3 is 2.70 bits per heavy atom. The molecule has 8 heteroatoms. The number of aryl methyl sites for hydroxylation is 1. The molecular weight excluding hydrogens is 342 g/mol. The number of aromatic amines is 1. The molecule has 0 unspecified atom stereocenters. The zero-order valence-corrected chi connectivity index (χ0v) is 15.3. The molecule has 0 atom stereocenters. The van der Waals surface area contributed by atoms with Crippen LogP contribution in [0.3, 0.4) is 0 Å². The summed E-state index contributed by atoms with van der Waals surface area (Å²) in [6.45, 7) is 1.67. The second kappa shape index (κ2) is 7.32. The number of rotatable bonds is 4. The van der Waals surface area contributed by atoms with E-state index in [2.05, 4.69) is 20.3 Å². The van der Waals surface area contributed by atoms with E-state index in [1.807, 2.05) is 35.2 Å². The SMILES string of the molecule is Cn1ncc(CN)c1C(=O)N1CCC(c2nc(-c3ccccc3)n[nH]2)CC1. The third-order valence-corrected chi connectivity index (χ3v) is 5.14. The van der Waals surface area contributed by atoms with E-state index in [0.29, 0.717) is 31.2 Å². The van der Waals surface area contributed by atoms with Crippen LogP contribution in [-0.2, 0) is 13.6 Å². The molecule has 27 heavy (non-hydrogen) atoms. The quantitative estimate of drug-likeness (QED) is 0.732. The lowest BCUT2D eigenvalue weighted by molar-refractivity contribution is 0.0699. The van der Waals surface area contributed by atoms with Crippen LogP contribution in [0.1, 0.15) is 40.6 Å². The maximum atomic E-state index is 12.9. The second-order valence-corrected chi connectivity index (χ2v) is 6.82. The summed E-state index contributed by atoms with van der Waals surface area (Å²) < 4.78 is 1.61. The molecule has 0 radical (unpaired) electrons. The van der Waals surface area contributed by atoms with E-state index >= 15 is 0 Å². The van der Waals surface area contributed by atoms with E-state index in [9.17, 15) is 4.79 Å². The summed E-state index contributed by atoms with van der Waals surface area (Å²) in [4.78, 5) is 19.4. The minimum atomic E-state index is -0.00329. The Balaban J connectivity index is 1.43. The molecule has 8 nitrogen and oxygen atoms in total. The van der Waals surface area contributed by atoms with Gasteiger partial charge in [-0.3, -0.25) is 14.6 Å². The number of carbonyl (C=O) groups excluding carboxylic acids is 1. The van der Waals surface area contributed by atoms with Crippen LogP contribution in [0.25, 0.3) is 11.4 Å². The summed E-state index contributed by atoms with van der Waals surface area (Å²) in [5, 5.41) is 11.6. The maximum absolute atomic E-state index is 12.9. The molecule has 1 aliphatic heterocycles. The van der Waals surface area contributed by atoms with Gasteiger partial charge < -0.3 is 10.6 Å². The Labute approximate surface area is 157 Å². The lowest BCUT2D eigenvalue weighted by Gasteiger charge is -2.31. The summed E-state index contributed by atoms with van der Waals surface area (Å²) >= 11 is 0. The molecule has 0 bridgehead atoms. The first-order valence-corrected chi connectivity index (χ1v) is 9.15. The van der Waals surface area contributed by atoms with Crippen LogP contribution in [0.4, 0.5) is 0 Å². The molecule has 0 spiro atoms. The van der Waals surface area contributed by atoms with Crippen molar-refractivity contribution in [1.82, 2.24) is 29.9 Å². The second-order valence-electron chi connectivity index (χ2n) is 6.82. The molecule has 1 saturated heterocycles. The van der Waals surface area contributed by atoms with E-state index in [0.717, 1.165) is 29.8 Å². The third kappa shape index (κ3) is 3.35. The van der Waals surface area contributed by atoms with E-state index in [-0.39, 0.29) is 11.8 Å². The average Bonchev–Trinajstić information content (AvgIpc) is 3.35. The Morgan fingerprint density at radius 2 is 2.00 bits per heavy atom. The Morgan fingerprint density at radius 1 is 1.26 bits per heavy atom. The van der Waals surface area contributed by atoms with Crippen LogP contribution in [-0.4, -0.2) is 48.9 Å². The molecule has 3 aromatic rings. The van der Waals surface area contributed by atoms with Crippen molar-refractivity contribution in [2.45, 2.75) is 25.3 Å². The molecule has 1 amide bonds. The normalized spacial score (nSPS) is 15.3. The van der Waals surface area contributed by atoms with Gasteiger partial charge in [-0.05, 0) is 12.8 Å². The number of piperidine rings is 1. The highest BCUT2D eigenvalue weighted by Crippen LogP contribution is 2.28. The summed E-state index contributed by atoms with van der Waals surface area (Å²) in [5.74, 6) is 1.88. The number of carbonyl (C=O) groups is 1. The fraction of sp³-hybridized carbons (Fsp3) is 0.368. The van der Waals surface area contributed by atoms with Gasteiger partial charge in [-0.1, -0.05) is 30.3 Å². The molecule has 4 rings (SSSR count). The van der Waals surface area contributed by atoms with Crippen molar-refractivity contribution < 1.29 is 4.79 Å². The van der Waals surface area contributed by atoms with Gasteiger partial charge in [-0.25, -0.2) is 4.98 Å². The number of amides is 1. The molecular formula is C19H23N7O. The number of hydrogen-bond acceptors (Lipinski definition) is 5. The Bertz CT molecular complexity index is 923. The van der Waals surface area contributed by atoms with E-state index in [1.165, 1.54) is 0 Å².